The molecular formula is C29H28N2O4. The molecule has 4 rings (SSSR count). The van der Waals surface area contributed by atoms with Crippen LogP contribution >= 0.6 is 0 Å². The lowest BCUT2D eigenvalue weighted by Crippen LogP contribution is -2.21. The van der Waals surface area contributed by atoms with E-state index in [1.165, 1.54) is 5.56 Å². The number of fused-ring (bicyclic) bond motifs is 1. The van der Waals surface area contributed by atoms with Crippen molar-refractivity contribution in [1.29, 1.82) is 5.26 Å². The number of rotatable bonds is 5. The fourth-order valence-corrected chi connectivity index (χ4v) is 4.10. The number of benzene rings is 3. The summed E-state index contributed by atoms with van der Waals surface area (Å²) >= 11 is 0. The van der Waals surface area contributed by atoms with Crippen molar-refractivity contribution < 1.29 is 19.0 Å². The lowest BCUT2D eigenvalue weighted by Gasteiger charge is -2.27. The maximum absolute atomic E-state index is 12.5. The van der Waals surface area contributed by atoms with Gasteiger partial charge in [-0.25, -0.2) is 0 Å². The molecule has 0 amide bonds. The van der Waals surface area contributed by atoms with E-state index in [1.807, 2.05) is 30.3 Å². The van der Waals surface area contributed by atoms with E-state index in [0.29, 0.717) is 17.1 Å². The van der Waals surface area contributed by atoms with Crippen LogP contribution in [0.2, 0.25) is 0 Å². The molecule has 3 aromatic carbocycles. The van der Waals surface area contributed by atoms with Gasteiger partial charge in [0.2, 0.25) is 5.88 Å². The van der Waals surface area contributed by atoms with E-state index in [-0.39, 0.29) is 23.6 Å². The molecule has 2 N–H and O–H groups in total. The molecule has 0 aromatic heterocycles. The van der Waals surface area contributed by atoms with Crippen molar-refractivity contribution in [2.24, 2.45) is 5.73 Å². The van der Waals surface area contributed by atoms with Crippen LogP contribution in [0.25, 0.3) is 0 Å². The first-order valence-electron chi connectivity index (χ1n) is 11.3. The Labute approximate surface area is 205 Å². The summed E-state index contributed by atoms with van der Waals surface area (Å²) in [6.45, 7) is 6.46. The van der Waals surface area contributed by atoms with Crippen LogP contribution in [0.3, 0.4) is 0 Å². The molecule has 0 saturated carbocycles. The Morgan fingerprint density at radius 2 is 1.69 bits per heavy atom. The molecule has 6 nitrogen and oxygen atoms in total. The molecule has 0 bridgehead atoms. The number of hydrogen-bond acceptors (Lipinski definition) is 6. The first kappa shape index (κ1) is 23.9. The first-order valence-corrected chi connectivity index (χ1v) is 11.3. The van der Waals surface area contributed by atoms with Gasteiger partial charge >= 0.3 is 5.97 Å². The molecule has 0 fully saturated rings. The Balaban J connectivity index is 1.59. The molecule has 1 unspecified atom stereocenters. The fraction of sp³-hybridized carbons (Fsp3) is 0.241. The highest BCUT2D eigenvalue weighted by Crippen LogP contribution is 2.43. The van der Waals surface area contributed by atoms with Crippen molar-refractivity contribution in [3.8, 4) is 23.3 Å². The molecular weight excluding hydrogens is 440 g/mol. The highest BCUT2D eigenvalue weighted by Gasteiger charge is 2.31. The minimum Gasteiger partial charge on any atom is -0.497 e. The number of allylic oxidation sites excluding steroid dienone is 1. The Bertz CT molecular complexity index is 1310. The Hall–Kier alpha value is -4.24. The third-order valence-electron chi connectivity index (χ3n) is 6.04. The molecule has 0 saturated heterocycles. The molecule has 1 heterocycles. The summed E-state index contributed by atoms with van der Waals surface area (Å²) in [4.78, 5) is 12.5. The van der Waals surface area contributed by atoms with Crippen LogP contribution in [0.15, 0.2) is 78.2 Å². The zero-order valence-electron chi connectivity index (χ0n) is 20.3. The largest absolute Gasteiger partial charge is 0.497 e. The summed E-state index contributed by atoms with van der Waals surface area (Å²) in [5.41, 5.74) is 10.2. The van der Waals surface area contributed by atoms with Crippen molar-refractivity contribution in [3.63, 3.8) is 0 Å². The monoisotopic (exact) mass is 468 g/mol. The Morgan fingerprint density at radius 1 is 1.03 bits per heavy atom. The van der Waals surface area contributed by atoms with Gasteiger partial charge in [-0.2, -0.15) is 5.26 Å². The molecule has 35 heavy (non-hydrogen) atoms. The lowest BCUT2D eigenvalue weighted by atomic mass is 9.81. The Morgan fingerprint density at radius 3 is 2.29 bits per heavy atom. The molecule has 1 aliphatic heterocycles. The van der Waals surface area contributed by atoms with Crippen LogP contribution in [0.1, 0.15) is 48.9 Å². The van der Waals surface area contributed by atoms with E-state index >= 15 is 0 Å². The van der Waals surface area contributed by atoms with E-state index in [2.05, 4.69) is 39.0 Å². The van der Waals surface area contributed by atoms with Crippen molar-refractivity contribution in [2.45, 2.75) is 38.5 Å². The number of carbonyl (C=O) groups excluding carboxylic acids is 1. The van der Waals surface area contributed by atoms with E-state index in [0.717, 1.165) is 22.4 Å². The number of ether oxygens (including phenoxy) is 3. The molecule has 1 aliphatic rings. The SMILES string of the molecule is COc1ccc(CC(=O)Oc2ccc3c(c2)OC(N)=C(C#N)C3c2ccc(C(C)(C)C)cc2)cc1. The molecule has 1 atom stereocenters. The third-order valence-corrected chi connectivity index (χ3v) is 6.04. The summed E-state index contributed by atoms with van der Waals surface area (Å²) in [6.07, 6.45) is 0.116. The van der Waals surface area contributed by atoms with Crippen LogP contribution < -0.4 is 19.9 Å². The van der Waals surface area contributed by atoms with Crippen molar-refractivity contribution >= 4 is 5.97 Å². The zero-order chi connectivity index (χ0) is 25.2. The van der Waals surface area contributed by atoms with Crippen LogP contribution in [0.4, 0.5) is 0 Å². The van der Waals surface area contributed by atoms with Crippen LogP contribution in [-0.2, 0) is 16.6 Å². The highest BCUT2D eigenvalue weighted by molar-refractivity contribution is 5.75. The zero-order valence-corrected chi connectivity index (χ0v) is 20.3. The number of nitrogens with two attached hydrogens (primary N) is 1. The summed E-state index contributed by atoms with van der Waals surface area (Å²) in [7, 11) is 1.59. The second-order valence-corrected chi connectivity index (χ2v) is 9.50. The maximum atomic E-state index is 12.5. The highest BCUT2D eigenvalue weighted by atomic mass is 16.5. The summed E-state index contributed by atoms with van der Waals surface area (Å²) < 4.78 is 16.5. The number of methoxy groups -OCH3 is 1. The van der Waals surface area contributed by atoms with Gasteiger partial charge in [0, 0.05) is 11.6 Å². The average Bonchev–Trinajstić information content (AvgIpc) is 2.83. The average molecular weight is 469 g/mol. The third kappa shape index (κ3) is 5.15. The second kappa shape index (κ2) is 9.55. The quantitative estimate of drug-likeness (QED) is 0.400. The minimum atomic E-state index is -0.401. The number of esters is 1. The van der Waals surface area contributed by atoms with Gasteiger partial charge in [0.15, 0.2) is 0 Å². The van der Waals surface area contributed by atoms with Crippen molar-refractivity contribution in [1.82, 2.24) is 0 Å². The molecule has 3 aromatic rings. The molecule has 178 valence electrons. The van der Waals surface area contributed by atoms with Gasteiger partial charge in [-0.1, -0.05) is 63.2 Å². The topological polar surface area (TPSA) is 94.6 Å². The van der Waals surface area contributed by atoms with E-state index < -0.39 is 5.97 Å². The molecule has 6 heteroatoms. The van der Waals surface area contributed by atoms with Crippen molar-refractivity contribution in [3.05, 3.63) is 100 Å². The number of hydrogen-bond donors (Lipinski definition) is 1. The van der Waals surface area contributed by atoms with E-state index in [9.17, 15) is 10.1 Å². The molecule has 0 aliphatic carbocycles. The maximum Gasteiger partial charge on any atom is 0.315 e. The van der Waals surface area contributed by atoms with Crippen LogP contribution in [0, 0.1) is 11.3 Å². The number of carbonyl (C=O) groups is 1. The lowest BCUT2D eigenvalue weighted by molar-refractivity contribution is -0.133. The van der Waals surface area contributed by atoms with E-state index in [1.54, 1.807) is 31.4 Å². The van der Waals surface area contributed by atoms with Crippen LogP contribution in [-0.4, -0.2) is 13.1 Å². The normalized spacial score (nSPS) is 15.0. The first-order chi connectivity index (χ1) is 16.7. The van der Waals surface area contributed by atoms with Gasteiger partial charge < -0.3 is 19.9 Å². The van der Waals surface area contributed by atoms with Crippen LogP contribution in [0.5, 0.6) is 17.2 Å². The molecule has 0 radical (unpaired) electrons. The minimum absolute atomic E-state index is 0.0175. The summed E-state index contributed by atoms with van der Waals surface area (Å²) in [5, 5.41) is 9.80. The van der Waals surface area contributed by atoms with Gasteiger partial charge in [0.05, 0.1) is 19.4 Å². The predicted octanol–water partition coefficient (Wildman–Crippen LogP) is 5.36. The smallest absolute Gasteiger partial charge is 0.315 e. The number of nitrogens with zero attached hydrogens (tertiary/aromatic N) is 1. The van der Waals surface area contributed by atoms with Gasteiger partial charge in [-0.05, 0) is 40.3 Å². The summed E-state index contributed by atoms with van der Waals surface area (Å²) in [5.74, 6) is 0.798. The Kier molecular flexibility index (Phi) is 6.52. The van der Waals surface area contributed by atoms with Gasteiger partial charge in [0.1, 0.15) is 28.9 Å². The number of nitriles is 1. The second-order valence-electron chi connectivity index (χ2n) is 9.50. The standard InChI is InChI=1S/C29H28N2O4/c1-29(2,3)20-9-7-19(8-10-20)27-23-14-13-22(16-25(23)35-28(31)24(27)17-30)34-26(32)15-18-5-11-21(33-4)12-6-18/h5-14,16,27H,15,31H2,1-4H3. The molecule has 0 spiro atoms. The predicted molar refractivity (Wildman–Crippen MR) is 133 cm³/mol. The fourth-order valence-electron chi connectivity index (χ4n) is 4.10. The van der Waals surface area contributed by atoms with Crippen molar-refractivity contribution in [2.75, 3.05) is 7.11 Å². The van der Waals surface area contributed by atoms with Gasteiger partial charge in [0.25, 0.3) is 0 Å². The summed E-state index contributed by atoms with van der Waals surface area (Å²) in [6, 6.07) is 22.8. The van der Waals surface area contributed by atoms with Gasteiger partial charge in [-0.15, -0.1) is 0 Å². The van der Waals surface area contributed by atoms with E-state index in [4.69, 9.17) is 19.9 Å². The van der Waals surface area contributed by atoms with Gasteiger partial charge in [-0.3, -0.25) is 4.79 Å².